The molecule has 0 bridgehead atoms. The van der Waals surface area contributed by atoms with Crippen LogP contribution in [0.4, 0.5) is 5.82 Å². The van der Waals surface area contributed by atoms with E-state index in [1.54, 1.807) is 36.7 Å². The van der Waals surface area contributed by atoms with Crippen LogP contribution in [0.5, 0.6) is 0 Å². The Labute approximate surface area is 183 Å². The van der Waals surface area contributed by atoms with Crippen LogP contribution in [0, 0.1) is 0 Å². The highest BCUT2D eigenvalue weighted by Gasteiger charge is 2.23. The van der Waals surface area contributed by atoms with Gasteiger partial charge in [0.1, 0.15) is 15.7 Å². The zero-order chi connectivity index (χ0) is 20.9. The average Bonchev–Trinajstić information content (AvgIpc) is 3.41. The molecule has 9 heteroatoms. The molecule has 1 aliphatic heterocycles. The summed E-state index contributed by atoms with van der Waals surface area (Å²) < 4.78 is 5.00. The summed E-state index contributed by atoms with van der Waals surface area (Å²) in [6.07, 6.45) is 4.08. The Morgan fingerprint density at radius 1 is 1.10 bits per heavy atom. The number of rotatable bonds is 5. The second kappa shape index (κ2) is 9.36. The van der Waals surface area contributed by atoms with Crippen LogP contribution in [0.25, 0.3) is 9.88 Å². The van der Waals surface area contributed by atoms with Gasteiger partial charge in [0.25, 0.3) is 5.91 Å². The van der Waals surface area contributed by atoms with Crippen LogP contribution in [0.15, 0.2) is 42.0 Å². The third kappa shape index (κ3) is 4.52. The molecule has 1 amide bonds. The molecular weight excluding hydrogens is 420 g/mol. The number of anilines is 1. The molecular formula is C21H22N4O3S2. The van der Waals surface area contributed by atoms with Gasteiger partial charge in [0.2, 0.25) is 0 Å². The van der Waals surface area contributed by atoms with Crippen molar-refractivity contribution in [1.29, 1.82) is 0 Å². The first kappa shape index (κ1) is 20.5. The Hall–Kier alpha value is -2.78. The highest BCUT2D eigenvalue weighted by atomic mass is 32.1. The third-order valence-electron chi connectivity index (χ3n) is 4.81. The molecule has 4 rings (SSSR count). The van der Waals surface area contributed by atoms with Crippen molar-refractivity contribution in [3.8, 4) is 9.88 Å². The number of carbonyl (C=O) groups is 2. The van der Waals surface area contributed by atoms with Gasteiger partial charge in [0.15, 0.2) is 0 Å². The molecule has 1 saturated heterocycles. The van der Waals surface area contributed by atoms with Gasteiger partial charge in [-0.15, -0.1) is 22.7 Å². The van der Waals surface area contributed by atoms with Gasteiger partial charge in [-0.1, -0.05) is 6.07 Å². The number of aromatic nitrogens is 2. The molecule has 30 heavy (non-hydrogen) atoms. The van der Waals surface area contributed by atoms with Crippen molar-refractivity contribution in [3.63, 3.8) is 0 Å². The lowest BCUT2D eigenvalue weighted by molar-refractivity contribution is 0.0525. The van der Waals surface area contributed by atoms with E-state index < -0.39 is 0 Å². The molecule has 0 spiro atoms. The zero-order valence-electron chi connectivity index (χ0n) is 16.6. The van der Waals surface area contributed by atoms with Crippen molar-refractivity contribution in [2.24, 2.45) is 0 Å². The molecule has 1 fully saturated rings. The van der Waals surface area contributed by atoms with Gasteiger partial charge in [-0.3, -0.25) is 4.79 Å². The summed E-state index contributed by atoms with van der Waals surface area (Å²) in [6.45, 7) is 4.92. The highest BCUT2D eigenvalue weighted by Crippen LogP contribution is 2.29. The third-order valence-corrected chi connectivity index (χ3v) is 6.84. The fourth-order valence-electron chi connectivity index (χ4n) is 3.30. The van der Waals surface area contributed by atoms with Gasteiger partial charge in [0, 0.05) is 32.4 Å². The Bertz CT molecular complexity index is 1000. The average molecular weight is 443 g/mol. The summed E-state index contributed by atoms with van der Waals surface area (Å²) in [6, 6.07) is 7.57. The van der Waals surface area contributed by atoms with Crippen LogP contribution in [0.3, 0.4) is 0 Å². The minimum atomic E-state index is -0.365. The molecule has 0 radical (unpaired) electrons. The predicted octanol–water partition coefficient (Wildman–Crippen LogP) is 3.80. The number of nitrogens with zero attached hydrogens (tertiary/aromatic N) is 4. The van der Waals surface area contributed by atoms with Gasteiger partial charge in [0.05, 0.1) is 23.2 Å². The van der Waals surface area contributed by atoms with E-state index in [4.69, 9.17) is 4.74 Å². The van der Waals surface area contributed by atoms with Crippen molar-refractivity contribution in [2.75, 3.05) is 37.7 Å². The lowest BCUT2D eigenvalue weighted by Gasteiger charge is -2.22. The summed E-state index contributed by atoms with van der Waals surface area (Å²) in [5, 5.41) is 2.89. The predicted molar refractivity (Wildman–Crippen MR) is 118 cm³/mol. The summed E-state index contributed by atoms with van der Waals surface area (Å²) in [5.41, 5.74) is 0.443. The number of carbonyl (C=O) groups excluding carboxylic acids is 2. The number of thiazole rings is 1. The van der Waals surface area contributed by atoms with E-state index in [0.29, 0.717) is 36.7 Å². The Morgan fingerprint density at radius 3 is 2.73 bits per heavy atom. The van der Waals surface area contributed by atoms with E-state index in [1.165, 1.54) is 11.3 Å². The molecule has 0 N–H and O–H groups in total. The van der Waals surface area contributed by atoms with E-state index >= 15 is 0 Å². The van der Waals surface area contributed by atoms with Crippen LogP contribution in [-0.2, 0) is 4.74 Å². The van der Waals surface area contributed by atoms with Crippen molar-refractivity contribution in [2.45, 2.75) is 13.3 Å². The molecule has 7 nitrogen and oxygen atoms in total. The number of hydrogen-bond acceptors (Lipinski definition) is 8. The maximum atomic E-state index is 13.0. The summed E-state index contributed by atoms with van der Waals surface area (Å²) in [7, 11) is 0. The summed E-state index contributed by atoms with van der Waals surface area (Å²) >= 11 is 3.07. The molecule has 4 heterocycles. The number of hydrogen-bond donors (Lipinski definition) is 0. The quantitative estimate of drug-likeness (QED) is 0.560. The van der Waals surface area contributed by atoms with E-state index in [0.717, 1.165) is 28.7 Å². The molecule has 0 atom stereocenters. The van der Waals surface area contributed by atoms with Gasteiger partial charge in [-0.2, -0.15) is 0 Å². The van der Waals surface area contributed by atoms with Gasteiger partial charge >= 0.3 is 5.97 Å². The first-order valence-corrected chi connectivity index (χ1v) is 11.5. The van der Waals surface area contributed by atoms with Crippen molar-refractivity contribution in [3.05, 3.63) is 52.5 Å². The molecule has 1 aliphatic rings. The molecule has 0 aromatic carbocycles. The molecule has 156 valence electrons. The summed E-state index contributed by atoms with van der Waals surface area (Å²) in [5.74, 6) is 0.466. The molecule has 0 aliphatic carbocycles. The van der Waals surface area contributed by atoms with Crippen LogP contribution in [0.2, 0.25) is 0 Å². The number of amides is 1. The number of ether oxygens (including phenoxy) is 1. The monoisotopic (exact) mass is 442 g/mol. The Kier molecular flexibility index (Phi) is 6.39. The minimum absolute atomic E-state index is 0.0303. The highest BCUT2D eigenvalue weighted by molar-refractivity contribution is 7.21. The second-order valence-electron chi connectivity index (χ2n) is 6.77. The lowest BCUT2D eigenvalue weighted by atomic mass is 10.2. The van der Waals surface area contributed by atoms with Crippen molar-refractivity contribution in [1.82, 2.24) is 14.9 Å². The molecule has 0 unspecified atom stereocenters. The zero-order valence-corrected chi connectivity index (χ0v) is 18.2. The first-order chi connectivity index (χ1) is 14.7. The normalized spacial score (nSPS) is 14.4. The Balaban J connectivity index is 1.39. The van der Waals surface area contributed by atoms with Crippen LogP contribution < -0.4 is 4.90 Å². The van der Waals surface area contributed by atoms with Crippen LogP contribution in [-0.4, -0.2) is 59.5 Å². The number of pyridine rings is 1. The SMILES string of the molecule is CCOC(=O)c1ccc(N2CCCN(C(=O)c3cnc(-c4cccs4)s3)CC2)nc1. The molecule has 3 aromatic rings. The summed E-state index contributed by atoms with van der Waals surface area (Å²) in [4.78, 5) is 39.4. The van der Waals surface area contributed by atoms with Crippen molar-refractivity contribution >= 4 is 40.4 Å². The van der Waals surface area contributed by atoms with Crippen LogP contribution >= 0.6 is 22.7 Å². The topological polar surface area (TPSA) is 75.6 Å². The largest absolute Gasteiger partial charge is 0.462 e. The first-order valence-electron chi connectivity index (χ1n) is 9.83. The number of thiophene rings is 1. The standard InChI is InChI=1S/C21H22N4O3S2/c1-2-28-21(27)15-6-7-18(22-13-15)24-8-4-9-25(11-10-24)20(26)17-14-23-19(30-17)16-5-3-12-29-16/h3,5-7,12-14H,2,4,8-11H2,1H3. The lowest BCUT2D eigenvalue weighted by Crippen LogP contribution is -2.35. The fourth-order valence-corrected chi connectivity index (χ4v) is 4.99. The minimum Gasteiger partial charge on any atom is -0.462 e. The maximum Gasteiger partial charge on any atom is 0.339 e. The molecule has 0 saturated carbocycles. The van der Waals surface area contributed by atoms with Crippen LogP contribution in [0.1, 0.15) is 33.4 Å². The van der Waals surface area contributed by atoms with E-state index in [9.17, 15) is 9.59 Å². The maximum absolute atomic E-state index is 13.0. The molecule has 3 aromatic heterocycles. The van der Waals surface area contributed by atoms with Gasteiger partial charge < -0.3 is 14.5 Å². The second-order valence-corrected chi connectivity index (χ2v) is 8.74. The Morgan fingerprint density at radius 2 is 2.00 bits per heavy atom. The van der Waals surface area contributed by atoms with E-state index in [-0.39, 0.29) is 11.9 Å². The number of esters is 1. The smallest absolute Gasteiger partial charge is 0.339 e. The van der Waals surface area contributed by atoms with Gasteiger partial charge in [-0.05, 0) is 36.9 Å². The fraction of sp³-hybridized carbons (Fsp3) is 0.333. The van der Waals surface area contributed by atoms with E-state index in [1.807, 2.05) is 28.5 Å². The van der Waals surface area contributed by atoms with E-state index in [2.05, 4.69) is 14.9 Å². The van der Waals surface area contributed by atoms with Crippen molar-refractivity contribution < 1.29 is 14.3 Å². The van der Waals surface area contributed by atoms with Gasteiger partial charge in [-0.25, -0.2) is 14.8 Å².